The summed E-state index contributed by atoms with van der Waals surface area (Å²) in [5, 5.41) is 25.8. The van der Waals surface area contributed by atoms with Crippen LogP contribution in [0.1, 0.15) is 24.4 Å². The lowest BCUT2D eigenvalue weighted by Gasteiger charge is -2.17. The molecule has 35 heavy (non-hydrogen) atoms. The van der Waals surface area contributed by atoms with Crippen LogP contribution in [0.2, 0.25) is 0 Å². The summed E-state index contributed by atoms with van der Waals surface area (Å²) >= 11 is 0. The lowest BCUT2D eigenvalue weighted by atomic mass is 10.0. The molecule has 0 spiro atoms. The van der Waals surface area contributed by atoms with Gasteiger partial charge in [-0.2, -0.15) is 0 Å². The normalized spacial score (nSPS) is 11.6. The molecule has 0 saturated carbocycles. The Hall–Kier alpha value is -5.00. The van der Waals surface area contributed by atoms with Crippen molar-refractivity contribution < 1.29 is 9.85 Å². The SMILES string of the molecule is Cc1nc(N[C@@H](C)c2cccc(-c3cnc(N)nc3)c2)cc(-c2ccc([N+](=O)[O-])c([N+](=O)[O-])c2)n1. The summed E-state index contributed by atoms with van der Waals surface area (Å²) < 4.78 is 0. The smallest absolute Gasteiger partial charge is 0.346 e. The summed E-state index contributed by atoms with van der Waals surface area (Å²) in [5.74, 6) is 1.14. The van der Waals surface area contributed by atoms with Gasteiger partial charge in [-0.25, -0.2) is 19.9 Å². The second kappa shape index (κ2) is 9.47. The number of rotatable bonds is 7. The minimum atomic E-state index is -0.785. The van der Waals surface area contributed by atoms with Gasteiger partial charge in [-0.1, -0.05) is 18.2 Å². The molecule has 0 unspecified atom stereocenters. The zero-order valence-corrected chi connectivity index (χ0v) is 18.7. The number of nitro groups is 2. The summed E-state index contributed by atoms with van der Waals surface area (Å²) in [6.45, 7) is 3.66. The van der Waals surface area contributed by atoms with Crippen LogP contribution in [0.4, 0.5) is 23.1 Å². The van der Waals surface area contributed by atoms with E-state index in [4.69, 9.17) is 5.73 Å². The van der Waals surface area contributed by atoms with Gasteiger partial charge in [0.15, 0.2) is 0 Å². The molecule has 0 aliphatic rings. The third kappa shape index (κ3) is 5.16. The highest BCUT2D eigenvalue weighted by Crippen LogP contribution is 2.32. The Balaban J connectivity index is 1.62. The number of hydrogen-bond donors (Lipinski definition) is 2. The highest BCUT2D eigenvalue weighted by molar-refractivity contribution is 5.70. The van der Waals surface area contributed by atoms with E-state index < -0.39 is 21.2 Å². The highest BCUT2D eigenvalue weighted by Gasteiger charge is 2.25. The molecule has 2 aromatic carbocycles. The fourth-order valence-corrected chi connectivity index (χ4v) is 3.55. The van der Waals surface area contributed by atoms with Crippen LogP contribution >= 0.6 is 0 Å². The van der Waals surface area contributed by atoms with Crippen molar-refractivity contribution in [2.45, 2.75) is 19.9 Å². The number of nitrogens with zero attached hydrogens (tertiary/aromatic N) is 6. The van der Waals surface area contributed by atoms with E-state index in [1.165, 1.54) is 6.07 Å². The van der Waals surface area contributed by atoms with Gasteiger partial charge in [-0.3, -0.25) is 20.2 Å². The number of benzene rings is 2. The molecule has 1 atom stereocenters. The number of nitro benzene ring substituents is 2. The van der Waals surface area contributed by atoms with Crippen molar-refractivity contribution in [3.8, 4) is 22.4 Å². The maximum Gasteiger partial charge on any atom is 0.346 e. The minimum Gasteiger partial charge on any atom is -0.368 e. The van der Waals surface area contributed by atoms with Crippen LogP contribution < -0.4 is 11.1 Å². The topological polar surface area (TPSA) is 176 Å². The van der Waals surface area contributed by atoms with Gasteiger partial charge >= 0.3 is 11.4 Å². The molecule has 0 radical (unpaired) electrons. The molecule has 3 N–H and O–H groups in total. The average molecular weight is 472 g/mol. The number of aromatic nitrogens is 4. The summed E-state index contributed by atoms with van der Waals surface area (Å²) in [4.78, 5) is 37.7. The van der Waals surface area contributed by atoms with Crippen molar-refractivity contribution in [2.75, 3.05) is 11.1 Å². The Morgan fingerprint density at radius 3 is 2.29 bits per heavy atom. The number of anilines is 2. The Morgan fingerprint density at radius 2 is 1.60 bits per heavy atom. The van der Waals surface area contributed by atoms with E-state index in [1.807, 2.05) is 31.2 Å². The van der Waals surface area contributed by atoms with E-state index in [0.29, 0.717) is 22.9 Å². The maximum absolute atomic E-state index is 11.3. The predicted octanol–water partition coefficient (Wildman–Crippen LogP) is 4.48. The lowest BCUT2D eigenvalue weighted by molar-refractivity contribution is -0.422. The highest BCUT2D eigenvalue weighted by atomic mass is 16.6. The number of hydrogen-bond acceptors (Lipinski definition) is 10. The van der Waals surface area contributed by atoms with Crippen LogP contribution in [-0.4, -0.2) is 29.8 Å². The molecule has 4 aromatic rings. The summed E-state index contributed by atoms with van der Waals surface area (Å²) in [5.41, 5.74) is 7.89. The largest absolute Gasteiger partial charge is 0.368 e. The molecular formula is C23H20N8O4. The molecule has 176 valence electrons. The molecule has 4 rings (SSSR count). The Kier molecular flexibility index (Phi) is 6.27. The van der Waals surface area contributed by atoms with E-state index in [-0.39, 0.29) is 12.0 Å². The fraction of sp³-hybridized carbons (Fsp3) is 0.130. The Labute approximate surface area is 199 Å². The first kappa shape index (κ1) is 23.2. The first-order valence-electron chi connectivity index (χ1n) is 10.4. The van der Waals surface area contributed by atoms with E-state index in [9.17, 15) is 20.2 Å². The number of nitrogen functional groups attached to an aromatic ring is 1. The van der Waals surface area contributed by atoms with Crippen LogP contribution in [0.15, 0.2) is 60.9 Å². The first-order valence-corrected chi connectivity index (χ1v) is 10.4. The van der Waals surface area contributed by atoms with Gasteiger partial charge in [0.05, 0.1) is 15.5 Å². The van der Waals surface area contributed by atoms with E-state index in [2.05, 4.69) is 25.3 Å². The van der Waals surface area contributed by atoms with E-state index in [1.54, 1.807) is 25.4 Å². The van der Waals surface area contributed by atoms with E-state index >= 15 is 0 Å². The molecule has 0 amide bonds. The van der Waals surface area contributed by atoms with Crippen LogP contribution in [0.5, 0.6) is 0 Å². The summed E-state index contributed by atoms with van der Waals surface area (Å²) in [6, 6.07) is 13.0. The second-order valence-electron chi connectivity index (χ2n) is 7.72. The van der Waals surface area contributed by atoms with Crippen molar-refractivity contribution in [1.82, 2.24) is 19.9 Å². The molecule has 0 aliphatic heterocycles. The number of nitrogens with one attached hydrogen (secondary N) is 1. The van der Waals surface area contributed by atoms with Gasteiger partial charge in [0.2, 0.25) is 5.95 Å². The van der Waals surface area contributed by atoms with Crippen LogP contribution in [0, 0.1) is 27.2 Å². The van der Waals surface area contributed by atoms with Crippen molar-refractivity contribution in [3.05, 3.63) is 92.5 Å². The van der Waals surface area contributed by atoms with Crippen molar-refractivity contribution in [1.29, 1.82) is 0 Å². The predicted molar refractivity (Wildman–Crippen MR) is 129 cm³/mol. The van der Waals surface area contributed by atoms with Crippen LogP contribution in [0.3, 0.4) is 0 Å². The number of nitrogens with two attached hydrogens (primary N) is 1. The van der Waals surface area contributed by atoms with Crippen molar-refractivity contribution in [2.24, 2.45) is 0 Å². The fourth-order valence-electron chi connectivity index (χ4n) is 3.55. The minimum absolute atomic E-state index is 0.155. The third-order valence-corrected chi connectivity index (χ3v) is 5.26. The van der Waals surface area contributed by atoms with E-state index in [0.717, 1.165) is 28.8 Å². The molecule has 0 saturated heterocycles. The van der Waals surface area contributed by atoms with Crippen molar-refractivity contribution >= 4 is 23.1 Å². The summed E-state index contributed by atoms with van der Waals surface area (Å²) in [7, 11) is 0. The Bertz CT molecular complexity index is 1430. The molecule has 12 nitrogen and oxygen atoms in total. The monoisotopic (exact) mass is 472 g/mol. The quantitative estimate of drug-likeness (QED) is 0.288. The second-order valence-corrected chi connectivity index (χ2v) is 7.72. The zero-order chi connectivity index (χ0) is 25.1. The van der Waals surface area contributed by atoms with Crippen molar-refractivity contribution in [3.63, 3.8) is 0 Å². The van der Waals surface area contributed by atoms with Gasteiger partial charge in [0.1, 0.15) is 11.6 Å². The third-order valence-electron chi connectivity index (χ3n) is 5.26. The first-order chi connectivity index (χ1) is 16.7. The van der Waals surface area contributed by atoms with Gasteiger partial charge < -0.3 is 11.1 Å². The lowest BCUT2D eigenvalue weighted by Crippen LogP contribution is -2.09. The molecule has 12 heteroatoms. The molecule has 0 fully saturated rings. The number of aryl methyl sites for hydroxylation is 1. The van der Waals surface area contributed by atoms with Crippen LogP contribution in [-0.2, 0) is 0 Å². The molecular weight excluding hydrogens is 452 g/mol. The van der Waals surface area contributed by atoms with Gasteiger partial charge in [-0.15, -0.1) is 0 Å². The summed E-state index contributed by atoms with van der Waals surface area (Å²) in [6.07, 6.45) is 3.31. The van der Waals surface area contributed by atoms with Gasteiger partial charge in [0.25, 0.3) is 0 Å². The van der Waals surface area contributed by atoms with Crippen LogP contribution in [0.25, 0.3) is 22.4 Å². The molecule has 2 aromatic heterocycles. The maximum atomic E-state index is 11.3. The van der Waals surface area contributed by atoms with Gasteiger partial charge in [0, 0.05) is 47.8 Å². The zero-order valence-electron chi connectivity index (χ0n) is 18.7. The molecule has 2 heterocycles. The van der Waals surface area contributed by atoms with Gasteiger partial charge in [-0.05, 0) is 37.1 Å². The Morgan fingerprint density at radius 1 is 0.886 bits per heavy atom. The molecule has 0 bridgehead atoms. The molecule has 0 aliphatic carbocycles. The average Bonchev–Trinajstić information content (AvgIpc) is 2.83. The standard InChI is InChI=1S/C23H20N8O4/c1-13(15-4-3-5-16(8-15)18-11-25-23(24)26-12-18)27-22-10-19(28-14(2)29-22)17-6-7-20(30(32)33)21(9-17)31(34)35/h3-13H,1-2H3,(H2,24,25,26)(H,27,28,29)/t13-/m0/s1.